The predicted octanol–water partition coefficient (Wildman–Crippen LogP) is 2.24. The molecule has 1 aliphatic rings. The molecule has 0 fully saturated rings. The van der Waals surface area contributed by atoms with E-state index >= 15 is 0 Å². The summed E-state index contributed by atoms with van der Waals surface area (Å²) < 4.78 is 11.3. The highest BCUT2D eigenvalue weighted by molar-refractivity contribution is 5.55. The third kappa shape index (κ3) is 3.53. The Morgan fingerprint density at radius 2 is 2.06 bits per heavy atom. The van der Waals surface area contributed by atoms with Crippen molar-refractivity contribution < 1.29 is 9.47 Å². The quantitative estimate of drug-likeness (QED) is 0.841. The molecule has 0 aliphatic carbocycles. The zero-order valence-electron chi connectivity index (χ0n) is 10.9. The molecule has 1 heterocycles. The lowest BCUT2D eigenvalue weighted by Crippen LogP contribution is -2.15. The molecule has 1 unspecified atom stereocenters. The average molecular weight is 250 g/mol. The Kier molecular flexibility index (Phi) is 4.70. The fraction of sp³-hybridized carbons (Fsp3) is 0.571. The van der Waals surface area contributed by atoms with Crippen LogP contribution in [0.4, 0.5) is 5.69 Å². The van der Waals surface area contributed by atoms with Crippen molar-refractivity contribution in [3.8, 4) is 11.5 Å². The number of nitrogens with two attached hydrogens (primary N) is 1. The van der Waals surface area contributed by atoms with E-state index in [-0.39, 0.29) is 0 Å². The summed E-state index contributed by atoms with van der Waals surface area (Å²) >= 11 is 0. The lowest BCUT2D eigenvalue weighted by molar-refractivity contribution is 0.297. The van der Waals surface area contributed by atoms with Crippen molar-refractivity contribution in [2.75, 3.05) is 31.6 Å². The summed E-state index contributed by atoms with van der Waals surface area (Å²) in [7, 11) is 0. The van der Waals surface area contributed by atoms with Gasteiger partial charge in [0.05, 0.1) is 13.2 Å². The normalized spacial score (nSPS) is 15.9. The fourth-order valence-corrected chi connectivity index (χ4v) is 1.95. The fourth-order valence-electron chi connectivity index (χ4n) is 1.95. The van der Waals surface area contributed by atoms with Crippen molar-refractivity contribution in [1.29, 1.82) is 0 Å². The van der Waals surface area contributed by atoms with E-state index < -0.39 is 0 Å². The molecule has 4 nitrogen and oxygen atoms in total. The topological polar surface area (TPSA) is 56.5 Å². The second-order valence-electron chi connectivity index (χ2n) is 4.78. The van der Waals surface area contributed by atoms with Crippen molar-refractivity contribution in [3.63, 3.8) is 0 Å². The van der Waals surface area contributed by atoms with Gasteiger partial charge in [-0.15, -0.1) is 0 Å². The van der Waals surface area contributed by atoms with Gasteiger partial charge in [-0.1, -0.05) is 6.92 Å². The number of hydrogen-bond acceptors (Lipinski definition) is 4. The molecule has 2 rings (SSSR count). The van der Waals surface area contributed by atoms with Crippen LogP contribution in [0.15, 0.2) is 18.2 Å². The molecule has 18 heavy (non-hydrogen) atoms. The summed E-state index contributed by atoms with van der Waals surface area (Å²) in [4.78, 5) is 0. The minimum atomic E-state index is 0.575. The number of rotatable bonds is 5. The Morgan fingerprint density at radius 3 is 2.83 bits per heavy atom. The first kappa shape index (κ1) is 13.0. The molecular weight excluding hydrogens is 228 g/mol. The predicted molar refractivity (Wildman–Crippen MR) is 73.4 cm³/mol. The van der Waals surface area contributed by atoms with Gasteiger partial charge in [-0.3, -0.25) is 0 Å². The Labute approximate surface area is 108 Å². The minimum absolute atomic E-state index is 0.575. The van der Waals surface area contributed by atoms with E-state index in [1.165, 1.54) is 0 Å². The maximum absolute atomic E-state index is 5.66. The van der Waals surface area contributed by atoms with Gasteiger partial charge in [-0.25, -0.2) is 0 Å². The third-order valence-corrected chi connectivity index (χ3v) is 3.06. The molecule has 0 amide bonds. The molecule has 0 saturated carbocycles. The number of ether oxygens (including phenoxy) is 2. The van der Waals surface area contributed by atoms with Crippen LogP contribution >= 0.6 is 0 Å². The Hall–Kier alpha value is -1.42. The smallest absolute Gasteiger partial charge is 0.163 e. The van der Waals surface area contributed by atoms with Gasteiger partial charge in [0, 0.05) is 24.7 Å². The minimum Gasteiger partial charge on any atom is -0.490 e. The van der Waals surface area contributed by atoms with Crippen LogP contribution in [-0.4, -0.2) is 26.3 Å². The van der Waals surface area contributed by atoms with Gasteiger partial charge in [-0.05, 0) is 31.0 Å². The zero-order valence-corrected chi connectivity index (χ0v) is 10.9. The highest BCUT2D eigenvalue weighted by atomic mass is 16.5. The molecule has 100 valence electrons. The summed E-state index contributed by atoms with van der Waals surface area (Å²) in [5.74, 6) is 2.25. The second kappa shape index (κ2) is 6.50. The Balaban J connectivity index is 1.95. The molecular formula is C14H22N2O2. The van der Waals surface area contributed by atoms with Gasteiger partial charge in [0.1, 0.15) is 0 Å². The summed E-state index contributed by atoms with van der Waals surface area (Å²) in [6.07, 6.45) is 1.97. The molecule has 0 saturated heterocycles. The first-order chi connectivity index (χ1) is 8.79. The van der Waals surface area contributed by atoms with Gasteiger partial charge in [0.15, 0.2) is 11.5 Å². The lowest BCUT2D eigenvalue weighted by Gasteiger charge is -2.14. The van der Waals surface area contributed by atoms with E-state index in [1.807, 2.05) is 18.2 Å². The van der Waals surface area contributed by atoms with Crippen LogP contribution in [0.25, 0.3) is 0 Å². The number of hydrogen-bond donors (Lipinski definition) is 2. The third-order valence-electron chi connectivity index (χ3n) is 3.06. The Bertz CT molecular complexity index is 382. The van der Waals surface area contributed by atoms with Crippen LogP contribution in [0.3, 0.4) is 0 Å². The van der Waals surface area contributed by atoms with Crippen LogP contribution in [-0.2, 0) is 0 Å². The zero-order chi connectivity index (χ0) is 12.8. The van der Waals surface area contributed by atoms with E-state index in [2.05, 4.69) is 12.2 Å². The van der Waals surface area contributed by atoms with Crippen LogP contribution in [0, 0.1) is 5.92 Å². The molecule has 0 bridgehead atoms. The largest absolute Gasteiger partial charge is 0.490 e. The summed E-state index contributed by atoms with van der Waals surface area (Å²) in [6.45, 7) is 5.32. The maximum Gasteiger partial charge on any atom is 0.163 e. The summed E-state index contributed by atoms with van der Waals surface area (Å²) in [5.41, 5.74) is 6.61. The van der Waals surface area contributed by atoms with Crippen molar-refractivity contribution in [3.05, 3.63) is 18.2 Å². The van der Waals surface area contributed by atoms with Gasteiger partial charge in [0.2, 0.25) is 0 Å². The monoisotopic (exact) mass is 250 g/mol. The Morgan fingerprint density at radius 1 is 1.28 bits per heavy atom. The highest BCUT2D eigenvalue weighted by Crippen LogP contribution is 2.32. The molecule has 4 heteroatoms. The molecule has 1 atom stereocenters. The van der Waals surface area contributed by atoms with E-state index in [0.29, 0.717) is 5.92 Å². The molecule has 3 N–H and O–H groups in total. The lowest BCUT2D eigenvalue weighted by atomic mass is 10.1. The van der Waals surface area contributed by atoms with Gasteiger partial charge >= 0.3 is 0 Å². The SMILES string of the molecule is CC(CCN)CNc1ccc2c(c1)OCCCO2. The average Bonchev–Trinajstić information content (AvgIpc) is 2.61. The maximum atomic E-state index is 5.66. The first-order valence-corrected chi connectivity index (χ1v) is 6.63. The van der Waals surface area contributed by atoms with E-state index in [9.17, 15) is 0 Å². The van der Waals surface area contributed by atoms with Crippen LogP contribution in [0.1, 0.15) is 19.8 Å². The van der Waals surface area contributed by atoms with Crippen molar-refractivity contribution in [1.82, 2.24) is 0 Å². The molecule has 1 aromatic carbocycles. The van der Waals surface area contributed by atoms with Crippen LogP contribution in [0.5, 0.6) is 11.5 Å². The molecule has 0 radical (unpaired) electrons. The van der Waals surface area contributed by atoms with E-state index in [4.69, 9.17) is 15.2 Å². The van der Waals surface area contributed by atoms with Crippen molar-refractivity contribution >= 4 is 5.69 Å². The van der Waals surface area contributed by atoms with Gasteiger partial charge in [0.25, 0.3) is 0 Å². The standard InChI is InChI=1S/C14H22N2O2/c1-11(5-6-15)10-16-12-3-4-13-14(9-12)18-8-2-7-17-13/h3-4,9,11,16H,2,5-8,10,15H2,1H3. The van der Waals surface area contributed by atoms with Crippen molar-refractivity contribution in [2.24, 2.45) is 11.7 Å². The second-order valence-corrected chi connectivity index (χ2v) is 4.78. The number of anilines is 1. The van der Waals surface area contributed by atoms with Gasteiger partial charge < -0.3 is 20.5 Å². The number of fused-ring (bicyclic) bond motifs is 1. The molecule has 1 aromatic rings. The first-order valence-electron chi connectivity index (χ1n) is 6.63. The molecule has 1 aliphatic heterocycles. The van der Waals surface area contributed by atoms with E-state index in [1.54, 1.807) is 0 Å². The number of benzene rings is 1. The van der Waals surface area contributed by atoms with Crippen molar-refractivity contribution in [2.45, 2.75) is 19.8 Å². The highest BCUT2D eigenvalue weighted by Gasteiger charge is 2.10. The van der Waals surface area contributed by atoms with E-state index in [0.717, 1.165) is 56.3 Å². The summed E-state index contributed by atoms with van der Waals surface area (Å²) in [6, 6.07) is 6.01. The van der Waals surface area contributed by atoms with Crippen LogP contribution < -0.4 is 20.5 Å². The number of nitrogens with one attached hydrogen (secondary N) is 1. The van der Waals surface area contributed by atoms with Gasteiger partial charge in [-0.2, -0.15) is 0 Å². The summed E-state index contributed by atoms with van der Waals surface area (Å²) in [5, 5.41) is 3.41. The molecule has 0 spiro atoms. The molecule has 0 aromatic heterocycles. The van der Waals surface area contributed by atoms with Crippen LogP contribution in [0.2, 0.25) is 0 Å².